The highest BCUT2D eigenvalue weighted by Crippen LogP contribution is 2.30. The molecule has 0 spiro atoms. The van der Waals surface area contributed by atoms with Gasteiger partial charge in [-0.2, -0.15) is 0 Å². The third-order valence-corrected chi connectivity index (χ3v) is 4.71. The predicted octanol–water partition coefficient (Wildman–Crippen LogP) is 2.83. The number of nitrogens with zero attached hydrogens (tertiary/aromatic N) is 2. The van der Waals surface area contributed by atoms with Crippen LogP contribution >= 0.6 is 11.8 Å². The first-order chi connectivity index (χ1) is 13.5. The minimum absolute atomic E-state index is 0.259. The maximum atomic E-state index is 12.4. The number of H-pyrrole nitrogens is 1. The molecule has 3 N–H and O–H groups in total. The van der Waals surface area contributed by atoms with Crippen molar-refractivity contribution in [2.75, 3.05) is 21.3 Å². The molecule has 3 aromatic rings. The zero-order chi connectivity index (χ0) is 20.1. The van der Waals surface area contributed by atoms with Crippen molar-refractivity contribution in [2.45, 2.75) is 5.75 Å². The quantitative estimate of drug-likeness (QED) is 0.483. The molecular weight excluding hydrogens is 380 g/mol. The Morgan fingerprint density at radius 1 is 1.14 bits per heavy atom. The number of nitrogens with two attached hydrogens (primary N) is 1. The van der Waals surface area contributed by atoms with Crippen molar-refractivity contribution in [3.63, 3.8) is 0 Å². The van der Waals surface area contributed by atoms with E-state index >= 15 is 0 Å². The molecule has 0 atom stereocenters. The van der Waals surface area contributed by atoms with Crippen molar-refractivity contribution in [1.82, 2.24) is 9.97 Å². The Morgan fingerprint density at radius 2 is 1.89 bits per heavy atom. The molecule has 0 bridgehead atoms. The van der Waals surface area contributed by atoms with Crippen molar-refractivity contribution in [1.29, 1.82) is 0 Å². The number of methoxy groups -OCH3 is 3. The van der Waals surface area contributed by atoms with Gasteiger partial charge in [0.1, 0.15) is 11.6 Å². The van der Waals surface area contributed by atoms with Gasteiger partial charge < -0.3 is 24.9 Å². The second-order valence-corrected chi connectivity index (χ2v) is 6.67. The number of aromatic amines is 1. The number of aliphatic imine (C=N–C) groups is 1. The summed E-state index contributed by atoms with van der Waals surface area (Å²) >= 11 is 1.27. The van der Waals surface area contributed by atoms with Crippen molar-refractivity contribution in [3.05, 3.63) is 52.6 Å². The van der Waals surface area contributed by atoms with Crippen LogP contribution in [-0.2, 0) is 5.75 Å². The van der Waals surface area contributed by atoms with Crippen molar-refractivity contribution >= 4 is 33.5 Å². The Kier molecular flexibility index (Phi) is 6.05. The van der Waals surface area contributed by atoms with Gasteiger partial charge in [-0.05, 0) is 18.2 Å². The van der Waals surface area contributed by atoms with E-state index in [2.05, 4.69) is 15.0 Å². The SMILES string of the molecule is COc1cccc(N=C(N)SCc2nc3cc(OC)c(OC)cc3c(=O)[nH]2)c1. The highest BCUT2D eigenvalue weighted by Gasteiger charge is 2.11. The van der Waals surface area contributed by atoms with Crippen LogP contribution in [0.1, 0.15) is 5.82 Å². The number of hydrogen-bond acceptors (Lipinski definition) is 7. The number of ether oxygens (including phenoxy) is 3. The molecule has 9 heteroatoms. The molecule has 1 heterocycles. The van der Waals surface area contributed by atoms with Crippen molar-refractivity contribution < 1.29 is 14.2 Å². The summed E-state index contributed by atoms with van der Waals surface area (Å²) in [5, 5.41) is 0.771. The third-order valence-electron chi connectivity index (χ3n) is 3.91. The van der Waals surface area contributed by atoms with E-state index in [4.69, 9.17) is 19.9 Å². The smallest absolute Gasteiger partial charge is 0.258 e. The topological polar surface area (TPSA) is 112 Å². The summed E-state index contributed by atoms with van der Waals surface area (Å²) < 4.78 is 15.7. The van der Waals surface area contributed by atoms with E-state index in [9.17, 15) is 4.79 Å². The first-order valence-corrected chi connectivity index (χ1v) is 9.28. The molecule has 28 heavy (non-hydrogen) atoms. The third kappa shape index (κ3) is 4.37. The van der Waals surface area contributed by atoms with Gasteiger partial charge in [-0.15, -0.1) is 0 Å². The Bertz CT molecular complexity index is 1080. The molecule has 0 aliphatic carbocycles. The summed E-state index contributed by atoms with van der Waals surface area (Å²) in [7, 11) is 4.64. The standard InChI is InChI=1S/C19H20N4O4S/c1-25-12-6-4-5-11(7-12)21-19(20)28-10-17-22-14-9-16(27-3)15(26-2)8-13(14)18(24)23-17/h4-9H,10H2,1-3H3,(H2,20,21)(H,22,23,24). The summed E-state index contributed by atoms with van der Waals surface area (Å²) in [6.45, 7) is 0. The Hall–Kier alpha value is -3.20. The van der Waals surface area contributed by atoms with Gasteiger partial charge in [0.05, 0.1) is 43.7 Å². The molecule has 0 saturated heterocycles. The number of aromatic nitrogens is 2. The second-order valence-electron chi connectivity index (χ2n) is 5.68. The van der Waals surface area contributed by atoms with Crippen molar-refractivity contribution in [2.24, 2.45) is 10.7 Å². The lowest BCUT2D eigenvalue weighted by molar-refractivity contribution is 0.355. The minimum atomic E-state index is -0.259. The average Bonchev–Trinajstić information content (AvgIpc) is 2.71. The van der Waals surface area contributed by atoms with Gasteiger partial charge in [-0.25, -0.2) is 9.98 Å². The molecule has 3 rings (SSSR count). The van der Waals surface area contributed by atoms with Crippen LogP contribution in [0.25, 0.3) is 10.9 Å². The Labute approximate surface area is 165 Å². The van der Waals surface area contributed by atoms with E-state index in [1.807, 2.05) is 18.2 Å². The highest BCUT2D eigenvalue weighted by molar-refractivity contribution is 8.13. The molecule has 0 amide bonds. The normalized spacial score (nSPS) is 11.5. The molecule has 146 valence electrons. The fourth-order valence-corrected chi connectivity index (χ4v) is 3.16. The number of thioether (sulfide) groups is 1. The van der Waals surface area contributed by atoms with Crippen LogP contribution in [0.5, 0.6) is 17.2 Å². The van der Waals surface area contributed by atoms with E-state index in [1.54, 1.807) is 25.3 Å². The first-order valence-electron chi connectivity index (χ1n) is 8.30. The van der Waals surface area contributed by atoms with Crippen LogP contribution in [0, 0.1) is 0 Å². The molecular formula is C19H20N4O4S. The number of amidine groups is 1. The maximum Gasteiger partial charge on any atom is 0.258 e. The first kappa shape index (κ1) is 19.6. The number of rotatable bonds is 6. The maximum absolute atomic E-state index is 12.4. The predicted molar refractivity (Wildman–Crippen MR) is 111 cm³/mol. The lowest BCUT2D eigenvalue weighted by atomic mass is 10.2. The monoisotopic (exact) mass is 400 g/mol. The summed E-state index contributed by atoms with van der Waals surface area (Å²) in [5.41, 5.74) is 6.93. The summed E-state index contributed by atoms with van der Waals surface area (Å²) in [6.07, 6.45) is 0. The molecule has 0 unspecified atom stereocenters. The van der Waals surface area contributed by atoms with Gasteiger partial charge >= 0.3 is 0 Å². The minimum Gasteiger partial charge on any atom is -0.497 e. The molecule has 1 aromatic heterocycles. The van der Waals surface area contributed by atoms with E-state index in [0.29, 0.717) is 50.6 Å². The number of benzene rings is 2. The summed E-state index contributed by atoms with van der Waals surface area (Å²) in [4.78, 5) is 24.0. The largest absolute Gasteiger partial charge is 0.497 e. The van der Waals surface area contributed by atoms with Crippen LogP contribution in [0.2, 0.25) is 0 Å². The number of hydrogen-bond donors (Lipinski definition) is 2. The van der Waals surface area contributed by atoms with E-state index in [-0.39, 0.29) is 5.56 Å². The lowest BCUT2D eigenvalue weighted by Gasteiger charge is -2.09. The van der Waals surface area contributed by atoms with Crippen LogP contribution in [0.4, 0.5) is 5.69 Å². The molecule has 0 fully saturated rings. The molecule has 2 aromatic carbocycles. The Morgan fingerprint density at radius 3 is 2.61 bits per heavy atom. The van der Waals surface area contributed by atoms with Gasteiger partial charge in [0, 0.05) is 12.1 Å². The lowest BCUT2D eigenvalue weighted by Crippen LogP contribution is -2.13. The molecule has 0 aliphatic heterocycles. The summed E-state index contributed by atoms with van der Waals surface area (Å²) in [6, 6.07) is 10.5. The molecule has 0 radical (unpaired) electrons. The zero-order valence-corrected chi connectivity index (χ0v) is 16.5. The van der Waals surface area contributed by atoms with Crippen LogP contribution in [0.15, 0.2) is 46.2 Å². The van der Waals surface area contributed by atoms with Crippen LogP contribution in [-0.4, -0.2) is 36.5 Å². The fraction of sp³-hybridized carbons (Fsp3) is 0.211. The van der Waals surface area contributed by atoms with Gasteiger partial charge in [0.25, 0.3) is 5.56 Å². The fourth-order valence-electron chi connectivity index (χ4n) is 2.56. The van der Waals surface area contributed by atoms with E-state index in [0.717, 1.165) is 0 Å². The average molecular weight is 400 g/mol. The van der Waals surface area contributed by atoms with Crippen molar-refractivity contribution in [3.8, 4) is 17.2 Å². The molecule has 0 aliphatic rings. The van der Waals surface area contributed by atoms with Gasteiger partial charge in [0.15, 0.2) is 16.7 Å². The van der Waals surface area contributed by atoms with Crippen LogP contribution in [0.3, 0.4) is 0 Å². The number of fused-ring (bicyclic) bond motifs is 1. The van der Waals surface area contributed by atoms with Gasteiger partial charge in [0.2, 0.25) is 0 Å². The zero-order valence-electron chi connectivity index (χ0n) is 15.7. The molecule has 8 nitrogen and oxygen atoms in total. The second kappa shape index (κ2) is 8.66. The van der Waals surface area contributed by atoms with Gasteiger partial charge in [-0.3, -0.25) is 4.79 Å². The Balaban J connectivity index is 1.82. The van der Waals surface area contributed by atoms with Crippen LogP contribution < -0.4 is 25.5 Å². The van der Waals surface area contributed by atoms with E-state index in [1.165, 1.54) is 26.0 Å². The van der Waals surface area contributed by atoms with E-state index < -0.39 is 0 Å². The molecule has 0 saturated carbocycles. The van der Waals surface area contributed by atoms with Gasteiger partial charge in [-0.1, -0.05) is 17.8 Å². The number of nitrogens with one attached hydrogen (secondary N) is 1. The summed E-state index contributed by atoms with van der Waals surface area (Å²) in [5.74, 6) is 2.52. The highest BCUT2D eigenvalue weighted by atomic mass is 32.2.